The number of benzene rings is 1. The van der Waals surface area contributed by atoms with Gasteiger partial charge in [0.15, 0.2) is 0 Å². The normalized spacial score (nSPS) is 14.7. The molecule has 116 valence electrons. The molecule has 1 aromatic carbocycles. The summed E-state index contributed by atoms with van der Waals surface area (Å²) >= 11 is 0. The summed E-state index contributed by atoms with van der Waals surface area (Å²) in [4.78, 5) is 14.4. The highest BCUT2D eigenvalue weighted by atomic mass is 16.2. The molecule has 4 rings (SSSR count). The minimum Gasteiger partial charge on any atom is -0.338 e. The Bertz CT molecular complexity index is 790. The van der Waals surface area contributed by atoms with E-state index in [1.54, 1.807) is 17.1 Å². The molecule has 0 unspecified atom stereocenters. The van der Waals surface area contributed by atoms with Crippen molar-refractivity contribution in [3.63, 3.8) is 0 Å². The van der Waals surface area contributed by atoms with E-state index >= 15 is 0 Å². The highest BCUT2D eigenvalue weighted by Crippen LogP contribution is 2.21. The van der Waals surface area contributed by atoms with Gasteiger partial charge in [0, 0.05) is 49.7 Å². The van der Waals surface area contributed by atoms with Crippen LogP contribution in [0, 0.1) is 5.92 Å². The fraction of sp³-hybridized carbons (Fsp3) is 0.250. The van der Waals surface area contributed by atoms with Crippen LogP contribution in [0.25, 0.3) is 5.69 Å². The van der Waals surface area contributed by atoms with Gasteiger partial charge in [-0.3, -0.25) is 9.48 Å². The van der Waals surface area contributed by atoms with Crippen molar-refractivity contribution in [3.05, 3.63) is 60.7 Å². The van der Waals surface area contributed by atoms with Crippen molar-refractivity contribution in [3.8, 4) is 5.69 Å². The minimum absolute atomic E-state index is 0.0637. The quantitative estimate of drug-likeness (QED) is 0.727. The number of aromatic nitrogens is 5. The molecule has 0 N–H and O–H groups in total. The van der Waals surface area contributed by atoms with Crippen molar-refractivity contribution in [2.45, 2.75) is 6.54 Å². The van der Waals surface area contributed by atoms with E-state index < -0.39 is 0 Å². The van der Waals surface area contributed by atoms with Crippen LogP contribution in [0.4, 0.5) is 0 Å². The Morgan fingerprint density at radius 1 is 1.17 bits per heavy atom. The Hall–Kier alpha value is -2.96. The fourth-order valence-corrected chi connectivity index (χ4v) is 2.83. The molecular weight excluding hydrogens is 292 g/mol. The van der Waals surface area contributed by atoms with Crippen LogP contribution >= 0.6 is 0 Å². The number of hydrogen-bond acceptors (Lipinski definition) is 4. The first kappa shape index (κ1) is 13.7. The Labute approximate surface area is 133 Å². The number of nitrogens with zero attached hydrogens (tertiary/aromatic N) is 6. The molecule has 1 saturated heterocycles. The summed E-state index contributed by atoms with van der Waals surface area (Å²) in [5, 5.41) is 11.9. The van der Waals surface area contributed by atoms with E-state index in [4.69, 9.17) is 0 Å². The van der Waals surface area contributed by atoms with Gasteiger partial charge in [-0.05, 0) is 24.3 Å². The van der Waals surface area contributed by atoms with Crippen molar-refractivity contribution < 1.29 is 4.79 Å². The van der Waals surface area contributed by atoms with Gasteiger partial charge in [0.25, 0.3) is 5.91 Å². The van der Waals surface area contributed by atoms with Gasteiger partial charge in [-0.25, -0.2) is 4.68 Å². The van der Waals surface area contributed by atoms with E-state index in [1.807, 2.05) is 52.3 Å². The summed E-state index contributed by atoms with van der Waals surface area (Å²) in [6.07, 6.45) is 7.10. The van der Waals surface area contributed by atoms with Crippen LogP contribution in [-0.4, -0.2) is 48.7 Å². The van der Waals surface area contributed by atoms with E-state index in [0.717, 1.165) is 25.3 Å². The maximum atomic E-state index is 12.6. The van der Waals surface area contributed by atoms with Gasteiger partial charge in [0.05, 0.1) is 11.9 Å². The summed E-state index contributed by atoms with van der Waals surface area (Å²) in [5.41, 5.74) is 1.58. The zero-order valence-corrected chi connectivity index (χ0v) is 12.5. The monoisotopic (exact) mass is 308 g/mol. The van der Waals surface area contributed by atoms with E-state index in [2.05, 4.69) is 15.4 Å². The summed E-state index contributed by atoms with van der Waals surface area (Å²) in [7, 11) is 0. The lowest BCUT2D eigenvalue weighted by Gasteiger charge is -2.39. The number of likely N-dealkylation sites (tertiary alicyclic amines) is 1. The topological polar surface area (TPSA) is 68.8 Å². The molecule has 7 heteroatoms. The number of carbonyl (C=O) groups is 1. The molecule has 2 aromatic heterocycles. The van der Waals surface area contributed by atoms with E-state index in [0.29, 0.717) is 11.5 Å². The van der Waals surface area contributed by atoms with Crippen LogP contribution < -0.4 is 0 Å². The van der Waals surface area contributed by atoms with Gasteiger partial charge in [-0.1, -0.05) is 11.3 Å². The standard InChI is InChI=1S/C16H16N6O/c23-16(20-10-13(11-20)12-21-8-6-17-19-21)14-3-1-4-15(9-14)22-7-2-5-18-22/h1-9,13H,10-12H2. The maximum Gasteiger partial charge on any atom is 0.253 e. The molecule has 0 aliphatic carbocycles. The smallest absolute Gasteiger partial charge is 0.253 e. The number of amides is 1. The predicted octanol–water partition coefficient (Wildman–Crippen LogP) is 1.24. The third-order valence-electron chi connectivity index (χ3n) is 4.02. The first-order chi connectivity index (χ1) is 11.3. The third-order valence-corrected chi connectivity index (χ3v) is 4.02. The van der Waals surface area contributed by atoms with Crippen molar-refractivity contribution >= 4 is 5.91 Å². The largest absolute Gasteiger partial charge is 0.338 e. The van der Waals surface area contributed by atoms with Gasteiger partial charge < -0.3 is 4.90 Å². The van der Waals surface area contributed by atoms with E-state index in [1.165, 1.54) is 0 Å². The van der Waals surface area contributed by atoms with Crippen molar-refractivity contribution in [1.82, 2.24) is 29.7 Å². The van der Waals surface area contributed by atoms with Gasteiger partial charge in [-0.2, -0.15) is 5.10 Å². The summed E-state index contributed by atoms with van der Waals surface area (Å²) in [5.74, 6) is 0.504. The molecule has 0 saturated carbocycles. The Balaban J connectivity index is 1.41. The zero-order valence-electron chi connectivity index (χ0n) is 12.5. The summed E-state index contributed by atoms with van der Waals surface area (Å²) in [6.45, 7) is 2.31. The van der Waals surface area contributed by atoms with Crippen LogP contribution in [0.3, 0.4) is 0 Å². The molecule has 1 amide bonds. The number of hydrogen-bond donors (Lipinski definition) is 0. The number of rotatable bonds is 4. The summed E-state index contributed by atoms with van der Waals surface area (Å²) in [6, 6.07) is 9.41. The van der Waals surface area contributed by atoms with E-state index in [-0.39, 0.29) is 5.91 Å². The van der Waals surface area contributed by atoms with Crippen LogP contribution in [0.5, 0.6) is 0 Å². The second-order valence-electron chi connectivity index (χ2n) is 5.70. The molecule has 1 aliphatic heterocycles. The van der Waals surface area contributed by atoms with Gasteiger partial charge in [-0.15, -0.1) is 5.10 Å². The lowest BCUT2D eigenvalue weighted by molar-refractivity contribution is 0.0460. The molecule has 0 spiro atoms. The molecule has 3 heterocycles. The molecule has 1 fully saturated rings. The Morgan fingerprint density at radius 2 is 2.09 bits per heavy atom. The lowest BCUT2D eigenvalue weighted by atomic mass is 9.99. The maximum absolute atomic E-state index is 12.6. The minimum atomic E-state index is 0.0637. The highest BCUT2D eigenvalue weighted by Gasteiger charge is 2.31. The first-order valence-corrected chi connectivity index (χ1v) is 7.53. The number of carbonyl (C=O) groups excluding carboxylic acids is 1. The Morgan fingerprint density at radius 3 is 2.83 bits per heavy atom. The molecule has 7 nitrogen and oxygen atoms in total. The van der Waals surface area contributed by atoms with Gasteiger partial charge in [0.2, 0.25) is 0 Å². The average Bonchev–Trinajstić information content (AvgIpc) is 3.23. The first-order valence-electron chi connectivity index (χ1n) is 7.53. The van der Waals surface area contributed by atoms with Gasteiger partial charge >= 0.3 is 0 Å². The van der Waals surface area contributed by atoms with Crippen molar-refractivity contribution in [2.24, 2.45) is 5.92 Å². The highest BCUT2D eigenvalue weighted by molar-refractivity contribution is 5.95. The Kier molecular flexibility index (Phi) is 3.38. The second-order valence-corrected chi connectivity index (χ2v) is 5.70. The van der Waals surface area contributed by atoms with Crippen LogP contribution in [0.2, 0.25) is 0 Å². The van der Waals surface area contributed by atoms with E-state index in [9.17, 15) is 4.79 Å². The van der Waals surface area contributed by atoms with Gasteiger partial charge in [0.1, 0.15) is 0 Å². The second kappa shape index (κ2) is 5.68. The third kappa shape index (κ3) is 2.73. The molecule has 0 bridgehead atoms. The van der Waals surface area contributed by atoms with Crippen molar-refractivity contribution in [1.29, 1.82) is 0 Å². The molecular formula is C16H16N6O. The average molecular weight is 308 g/mol. The molecule has 3 aromatic rings. The fourth-order valence-electron chi connectivity index (χ4n) is 2.83. The zero-order chi connectivity index (χ0) is 15.6. The summed E-state index contributed by atoms with van der Waals surface area (Å²) < 4.78 is 3.56. The molecule has 0 radical (unpaired) electrons. The van der Waals surface area contributed by atoms with Crippen LogP contribution in [-0.2, 0) is 6.54 Å². The van der Waals surface area contributed by atoms with Crippen molar-refractivity contribution in [2.75, 3.05) is 13.1 Å². The molecule has 0 atom stereocenters. The molecule has 1 aliphatic rings. The predicted molar refractivity (Wildman–Crippen MR) is 83.0 cm³/mol. The SMILES string of the molecule is O=C(c1cccc(-n2cccn2)c1)N1CC(Cn2ccnn2)C1. The van der Waals surface area contributed by atoms with Crippen LogP contribution in [0.1, 0.15) is 10.4 Å². The lowest BCUT2D eigenvalue weighted by Crippen LogP contribution is -2.51. The molecule has 23 heavy (non-hydrogen) atoms. The van der Waals surface area contributed by atoms with Crippen LogP contribution in [0.15, 0.2) is 55.1 Å².